The summed E-state index contributed by atoms with van der Waals surface area (Å²) in [5.74, 6) is 0. The molecule has 1 N–H and O–H groups in total. The molecule has 1 aliphatic rings. The summed E-state index contributed by atoms with van der Waals surface area (Å²) in [6, 6.07) is 5.89. The van der Waals surface area contributed by atoms with Crippen molar-refractivity contribution in [2.24, 2.45) is 0 Å². The molecule has 0 bridgehead atoms. The monoisotopic (exact) mass is 299 g/mol. The number of nitro groups is 1. The zero-order chi connectivity index (χ0) is 15.9. The van der Waals surface area contributed by atoms with Crippen LogP contribution in [0.1, 0.15) is 32.3 Å². The Hall–Kier alpha value is -2.14. The Labute approximate surface area is 129 Å². The Balaban J connectivity index is 2.08. The summed E-state index contributed by atoms with van der Waals surface area (Å²) >= 11 is 0. The summed E-state index contributed by atoms with van der Waals surface area (Å²) in [7, 11) is 2.16. The molecule has 0 saturated carbocycles. The average molecular weight is 299 g/mol. The molecule has 1 aliphatic heterocycles. The number of H-pyrrole nitrogens is 1. The SMILES string of the molecule is CCC1CC(c2c[nH]c3ccc([N+](=O)[O-])cc23)=CC(C)N1C. The van der Waals surface area contributed by atoms with Gasteiger partial charge < -0.3 is 4.98 Å². The van der Waals surface area contributed by atoms with Crippen molar-refractivity contribution in [2.75, 3.05) is 7.05 Å². The second-order valence-corrected chi connectivity index (χ2v) is 6.05. The number of fused-ring (bicyclic) bond motifs is 1. The van der Waals surface area contributed by atoms with Gasteiger partial charge >= 0.3 is 0 Å². The van der Waals surface area contributed by atoms with Crippen LogP contribution >= 0.6 is 0 Å². The summed E-state index contributed by atoms with van der Waals surface area (Å²) in [6.45, 7) is 4.40. The third-order valence-electron chi connectivity index (χ3n) is 4.81. The lowest BCUT2D eigenvalue weighted by Gasteiger charge is -2.36. The highest BCUT2D eigenvalue weighted by atomic mass is 16.6. The fraction of sp³-hybridized carbons (Fsp3) is 0.412. The van der Waals surface area contributed by atoms with Crippen LogP contribution in [-0.2, 0) is 0 Å². The number of hydrogen-bond donors (Lipinski definition) is 1. The smallest absolute Gasteiger partial charge is 0.270 e. The molecule has 5 nitrogen and oxygen atoms in total. The zero-order valence-electron chi connectivity index (χ0n) is 13.2. The van der Waals surface area contributed by atoms with E-state index < -0.39 is 0 Å². The van der Waals surface area contributed by atoms with Crippen LogP contribution in [0.4, 0.5) is 5.69 Å². The molecule has 2 heterocycles. The van der Waals surface area contributed by atoms with Gasteiger partial charge in [-0.05, 0) is 38.5 Å². The molecule has 0 spiro atoms. The number of aromatic amines is 1. The van der Waals surface area contributed by atoms with Gasteiger partial charge in [0.15, 0.2) is 0 Å². The maximum absolute atomic E-state index is 11.0. The number of likely N-dealkylation sites (N-methyl/N-ethyl adjacent to an activating group) is 1. The van der Waals surface area contributed by atoms with Gasteiger partial charge in [0, 0.05) is 46.9 Å². The molecule has 1 aromatic carbocycles. The van der Waals surface area contributed by atoms with Gasteiger partial charge in [-0.2, -0.15) is 0 Å². The predicted molar refractivity (Wildman–Crippen MR) is 88.9 cm³/mol. The number of nitro benzene ring substituents is 1. The summed E-state index contributed by atoms with van der Waals surface area (Å²) in [6.07, 6.45) is 6.33. The Morgan fingerprint density at radius 3 is 2.91 bits per heavy atom. The van der Waals surface area contributed by atoms with E-state index in [4.69, 9.17) is 0 Å². The van der Waals surface area contributed by atoms with Gasteiger partial charge in [-0.3, -0.25) is 15.0 Å². The number of benzene rings is 1. The van der Waals surface area contributed by atoms with E-state index in [0.29, 0.717) is 12.1 Å². The molecule has 0 fully saturated rings. The fourth-order valence-electron chi connectivity index (χ4n) is 3.33. The largest absolute Gasteiger partial charge is 0.361 e. The number of nitrogens with one attached hydrogen (secondary N) is 1. The molecule has 116 valence electrons. The van der Waals surface area contributed by atoms with Gasteiger partial charge in [0.05, 0.1) is 4.92 Å². The second-order valence-electron chi connectivity index (χ2n) is 6.05. The number of aromatic nitrogens is 1. The summed E-state index contributed by atoms with van der Waals surface area (Å²) < 4.78 is 0. The van der Waals surface area contributed by atoms with Crippen molar-refractivity contribution in [1.29, 1.82) is 0 Å². The van der Waals surface area contributed by atoms with Crippen molar-refractivity contribution >= 4 is 22.2 Å². The Bertz CT molecular complexity index is 747. The summed E-state index contributed by atoms with van der Waals surface area (Å²) in [5.41, 5.74) is 3.46. The molecule has 0 radical (unpaired) electrons. The molecule has 0 aliphatic carbocycles. The third-order valence-corrected chi connectivity index (χ3v) is 4.81. The van der Waals surface area contributed by atoms with E-state index >= 15 is 0 Å². The predicted octanol–water partition coefficient (Wildman–Crippen LogP) is 3.96. The topological polar surface area (TPSA) is 62.2 Å². The van der Waals surface area contributed by atoms with Crippen molar-refractivity contribution in [3.8, 4) is 0 Å². The van der Waals surface area contributed by atoms with Gasteiger partial charge in [-0.1, -0.05) is 13.0 Å². The van der Waals surface area contributed by atoms with Crippen molar-refractivity contribution in [3.63, 3.8) is 0 Å². The van der Waals surface area contributed by atoms with E-state index in [9.17, 15) is 10.1 Å². The molecule has 2 aromatic rings. The molecular weight excluding hydrogens is 278 g/mol. The van der Waals surface area contributed by atoms with Gasteiger partial charge in [-0.25, -0.2) is 0 Å². The molecule has 22 heavy (non-hydrogen) atoms. The van der Waals surface area contributed by atoms with Gasteiger partial charge in [0.1, 0.15) is 0 Å². The Morgan fingerprint density at radius 2 is 2.23 bits per heavy atom. The Morgan fingerprint density at radius 1 is 1.45 bits per heavy atom. The highest BCUT2D eigenvalue weighted by Crippen LogP contribution is 2.35. The van der Waals surface area contributed by atoms with E-state index in [-0.39, 0.29) is 10.6 Å². The summed E-state index contributed by atoms with van der Waals surface area (Å²) in [4.78, 5) is 16.3. The fourth-order valence-corrected chi connectivity index (χ4v) is 3.33. The van der Waals surface area contributed by atoms with E-state index in [0.717, 1.165) is 29.3 Å². The minimum atomic E-state index is -0.337. The van der Waals surface area contributed by atoms with Crippen molar-refractivity contribution in [3.05, 3.63) is 46.1 Å². The van der Waals surface area contributed by atoms with Crippen LogP contribution < -0.4 is 0 Å². The standard InChI is InChI=1S/C17H21N3O2/c1-4-13-8-12(7-11(2)19(13)3)16-10-18-17-6-5-14(20(21)22)9-15(16)17/h5-7,9-11,13,18H,4,8H2,1-3H3. The quantitative estimate of drug-likeness (QED) is 0.689. The average Bonchev–Trinajstić information content (AvgIpc) is 2.92. The van der Waals surface area contributed by atoms with E-state index in [1.165, 1.54) is 5.57 Å². The number of non-ortho nitro benzene ring substituents is 1. The van der Waals surface area contributed by atoms with Crippen LogP contribution in [0.25, 0.3) is 16.5 Å². The first-order chi connectivity index (χ1) is 10.5. The van der Waals surface area contributed by atoms with Crippen LogP contribution in [0.5, 0.6) is 0 Å². The first kappa shape index (κ1) is 14.8. The lowest BCUT2D eigenvalue weighted by atomic mass is 9.90. The maximum Gasteiger partial charge on any atom is 0.270 e. The minimum absolute atomic E-state index is 0.141. The first-order valence-corrected chi connectivity index (χ1v) is 7.69. The number of rotatable bonds is 3. The molecule has 0 amide bonds. The normalized spacial score (nSPS) is 22.8. The molecule has 3 rings (SSSR count). The van der Waals surface area contributed by atoms with Crippen molar-refractivity contribution in [1.82, 2.24) is 9.88 Å². The van der Waals surface area contributed by atoms with Gasteiger partial charge in [0.25, 0.3) is 5.69 Å². The van der Waals surface area contributed by atoms with E-state index in [1.807, 2.05) is 6.20 Å². The van der Waals surface area contributed by atoms with Crippen molar-refractivity contribution < 1.29 is 4.92 Å². The van der Waals surface area contributed by atoms with Crippen LogP contribution in [0.3, 0.4) is 0 Å². The second kappa shape index (κ2) is 5.57. The van der Waals surface area contributed by atoms with Gasteiger partial charge in [-0.15, -0.1) is 0 Å². The maximum atomic E-state index is 11.0. The van der Waals surface area contributed by atoms with E-state index in [2.05, 4.69) is 36.9 Å². The first-order valence-electron chi connectivity index (χ1n) is 7.69. The molecule has 5 heteroatoms. The lowest BCUT2D eigenvalue weighted by Crippen LogP contribution is -2.40. The Kier molecular flexibility index (Phi) is 3.74. The molecule has 2 atom stereocenters. The van der Waals surface area contributed by atoms with Crippen molar-refractivity contribution in [2.45, 2.75) is 38.8 Å². The third kappa shape index (κ3) is 2.41. The van der Waals surface area contributed by atoms with Crippen LogP contribution in [0.2, 0.25) is 0 Å². The van der Waals surface area contributed by atoms with Crippen LogP contribution in [-0.4, -0.2) is 33.9 Å². The summed E-state index contributed by atoms with van der Waals surface area (Å²) in [5, 5.41) is 12.0. The van der Waals surface area contributed by atoms with Crippen LogP contribution in [0, 0.1) is 10.1 Å². The highest BCUT2D eigenvalue weighted by molar-refractivity contribution is 5.94. The lowest BCUT2D eigenvalue weighted by molar-refractivity contribution is -0.384. The van der Waals surface area contributed by atoms with E-state index in [1.54, 1.807) is 18.2 Å². The van der Waals surface area contributed by atoms with Crippen LogP contribution in [0.15, 0.2) is 30.5 Å². The molecule has 2 unspecified atom stereocenters. The zero-order valence-corrected chi connectivity index (χ0v) is 13.2. The molecule has 0 saturated heterocycles. The number of nitrogens with zero attached hydrogens (tertiary/aromatic N) is 2. The van der Waals surface area contributed by atoms with Gasteiger partial charge in [0.2, 0.25) is 0 Å². The minimum Gasteiger partial charge on any atom is -0.361 e. The molecule has 1 aromatic heterocycles. The number of hydrogen-bond acceptors (Lipinski definition) is 3. The molecular formula is C17H21N3O2. The highest BCUT2D eigenvalue weighted by Gasteiger charge is 2.25.